The molecule has 0 unspecified atom stereocenters. The molecule has 4 aromatic rings. The molecular weight excluding hydrogens is 493 g/mol. The fourth-order valence-corrected chi connectivity index (χ4v) is 4.14. The third-order valence-electron chi connectivity index (χ3n) is 6.18. The number of aromatic nitrogens is 4. The van der Waals surface area contributed by atoms with E-state index in [9.17, 15) is 14.0 Å². The molecule has 1 fully saturated rings. The van der Waals surface area contributed by atoms with Gasteiger partial charge >= 0.3 is 0 Å². The molecule has 0 saturated carbocycles. The van der Waals surface area contributed by atoms with Gasteiger partial charge in [-0.3, -0.25) is 19.5 Å². The summed E-state index contributed by atoms with van der Waals surface area (Å²) in [5, 5.41) is 9.74. The van der Waals surface area contributed by atoms with Gasteiger partial charge in [0.1, 0.15) is 11.8 Å². The summed E-state index contributed by atoms with van der Waals surface area (Å²) in [6, 6.07) is 7.31. The highest BCUT2D eigenvalue weighted by Crippen LogP contribution is 2.31. The van der Waals surface area contributed by atoms with Crippen molar-refractivity contribution in [1.29, 1.82) is 0 Å². The molecule has 1 aliphatic rings. The first kappa shape index (κ1) is 25.2. The first-order chi connectivity index (χ1) is 18.5. The minimum Gasteiger partial charge on any atom is -0.434 e. The third kappa shape index (κ3) is 5.61. The van der Waals surface area contributed by atoms with Crippen LogP contribution in [-0.2, 0) is 4.74 Å². The van der Waals surface area contributed by atoms with Gasteiger partial charge in [-0.25, -0.2) is 8.91 Å². The smallest absolute Gasteiger partial charge is 0.257 e. The first-order valence-electron chi connectivity index (χ1n) is 12.1. The molecule has 0 bridgehead atoms. The molecule has 11 nitrogen and oxygen atoms in total. The Hall–Kier alpha value is -4.42. The fourth-order valence-electron chi connectivity index (χ4n) is 4.14. The molecule has 5 rings (SSSR count). The van der Waals surface area contributed by atoms with E-state index >= 15 is 0 Å². The van der Waals surface area contributed by atoms with E-state index in [1.165, 1.54) is 29.2 Å². The van der Waals surface area contributed by atoms with Crippen LogP contribution in [-0.4, -0.2) is 75.7 Å². The number of nitrogens with zero attached hydrogens (tertiary/aromatic N) is 5. The van der Waals surface area contributed by atoms with Crippen LogP contribution < -0.4 is 15.4 Å². The van der Waals surface area contributed by atoms with Crippen molar-refractivity contribution in [3.05, 3.63) is 77.8 Å². The maximum Gasteiger partial charge on any atom is 0.257 e. The van der Waals surface area contributed by atoms with Crippen molar-refractivity contribution < 1.29 is 23.5 Å². The molecule has 1 aliphatic heterocycles. The van der Waals surface area contributed by atoms with E-state index in [-0.39, 0.29) is 23.2 Å². The predicted molar refractivity (Wildman–Crippen MR) is 136 cm³/mol. The van der Waals surface area contributed by atoms with Crippen LogP contribution in [0.25, 0.3) is 5.52 Å². The summed E-state index contributed by atoms with van der Waals surface area (Å²) in [4.78, 5) is 35.5. The minimum atomic E-state index is -0.698. The van der Waals surface area contributed by atoms with Gasteiger partial charge in [0.15, 0.2) is 11.6 Å². The molecular formula is C26H26FN7O4. The summed E-state index contributed by atoms with van der Waals surface area (Å²) in [6.45, 7) is 6.06. The molecule has 1 saturated heterocycles. The Labute approximate surface area is 217 Å². The van der Waals surface area contributed by atoms with Crippen molar-refractivity contribution >= 4 is 23.0 Å². The van der Waals surface area contributed by atoms with E-state index in [0.717, 1.165) is 25.7 Å². The number of carbonyl (C=O) groups excluding carboxylic acids is 2. The maximum absolute atomic E-state index is 14.9. The van der Waals surface area contributed by atoms with E-state index in [1.807, 2.05) is 0 Å². The second kappa shape index (κ2) is 11.3. The number of ether oxygens (including phenoxy) is 2. The molecule has 1 aromatic carbocycles. The quantitative estimate of drug-likeness (QED) is 0.364. The van der Waals surface area contributed by atoms with Gasteiger partial charge in [-0.05, 0) is 36.8 Å². The standard InChI is InChI=1S/C26H26FN7O4/c1-17-20(25(36)29-7-8-33-9-11-37-12-10-33)15-34-23(17)26(30-16-31-34)38-22-5-4-19(13-21(22)27)32-24(35)18-3-2-6-28-14-18/h2-6,13-16H,7-12H2,1H3,(H,29,36)(H,32,35). The predicted octanol–water partition coefficient (Wildman–Crippen LogP) is 2.68. The second-order valence-electron chi connectivity index (χ2n) is 8.68. The number of fused-ring (bicyclic) bond motifs is 1. The molecule has 0 spiro atoms. The Kier molecular flexibility index (Phi) is 7.52. The zero-order chi connectivity index (χ0) is 26.5. The highest BCUT2D eigenvalue weighted by atomic mass is 19.1. The van der Waals surface area contributed by atoms with Gasteiger partial charge in [0, 0.05) is 56.5 Å². The molecule has 196 valence electrons. The Morgan fingerprint density at radius 2 is 2.03 bits per heavy atom. The number of pyridine rings is 1. The summed E-state index contributed by atoms with van der Waals surface area (Å²) in [5.41, 5.74) is 2.07. The van der Waals surface area contributed by atoms with Crippen LogP contribution in [0.1, 0.15) is 26.3 Å². The molecule has 2 N–H and O–H groups in total. The molecule has 2 amide bonds. The summed E-state index contributed by atoms with van der Waals surface area (Å²) >= 11 is 0. The Balaban J connectivity index is 1.29. The molecule has 3 aromatic heterocycles. The minimum absolute atomic E-state index is 0.0934. The van der Waals surface area contributed by atoms with Crippen LogP contribution in [0.5, 0.6) is 11.6 Å². The summed E-state index contributed by atoms with van der Waals surface area (Å²) < 4.78 is 27.5. The molecule has 0 radical (unpaired) electrons. The van der Waals surface area contributed by atoms with Crippen LogP contribution in [0.4, 0.5) is 10.1 Å². The van der Waals surface area contributed by atoms with Crippen molar-refractivity contribution in [3.63, 3.8) is 0 Å². The van der Waals surface area contributed by atoms with E-state index in [4.69, 9.17) is 9.47 Å². The lowest BCUT2D eigenvalue weighted by atomic mass is 10.2. The average Bonchev–Trinajstić information content (AvgIpc) is 3.28. The van der Waals surface area contributed by atoms with E-state index < -0.39 is 11.7 Å². The number of carbonyl (C=O) groups is 2. The van der Waals surface area contributed by atoms with Crippen molar-refractivity contribution in [2.75, 3.05) is 44.7 Å². The van der Waals surface area contributed by atoms with Crippen LogP contribution >= 0.6 is 0 Å². The molecule has 0 aliphatic carbocycles. The number of aryl methyl sites for hydroxylation is 1. The average molecular weight is 520 g/mol. The monoisotopic (exact) mass is 519 g/mol. The van der Waals surface area contributed by atoms with Crippen molar-refractivity contribution in [3.8, 4) is 11.6 Å². The van der Waals surface area contributed by atoms with Gasteiger partial charge in [-0.2, -0.15) is 10.1 Å². The summed E-state index contributed by atoms with van der Waals surface area (Å²) in [6.07, 6.45) is 5.84. The van der Waals surface area contributed by atoms with Gasteiger partial charge in [0.25, 0.3) is 11.8 Å². The van der Waals surface area contributed by atoms with Crippen molar-refractivity contribution in [1.82, 2.24) is 29.8 Å². The van der Waals surface area contributed by atoms with Gasteiger partial charge in [-0.15, -0.1) is 0 Å². The van der Waals surface area contributed by atoms with E-state index in [0.29, 0.717) is 42.0 Å². The van der Waals surface area contributed by atoms with Crippen LogP contribution in [0.2, 0.25) is 0 Å². The van der Waals surface area contributed by atoms with Crippen molar-refractivity contribution in [2.45, 2.75) is 6.92 Å². The van der Waals surface area contributed by atoms with Gasteiger partial charge < -0.3 is 20.1 Å². The molecule has 12 heteroatoms. The number of anilines is 1. The molecule has 4 heterocycles. The van der Waals surface area contributed by atoms with Crippen molar-refractivity contribution in [2.24, 2.45) is 0 Å². The van der Waals surface area contributed by atoms with Crippen LogP contribution in [0.3, 0.4) is 0 Å². The van der Waals surface area contributed by atoms with Crippen LogP contribution in [0.15, 0.2) is 55.2 Å². The van der Waals surface area contributed by atoms with Crippen LogP contribution in [0, 0.1) is 12.7 Å². The van der Waals surface area contributed by atoms with Gasteiger partial charge in [-0.1, -0.05) is 0 Å². The largest absolute Gasteiger partial charge is 0.434 e. The zero-order valence-corrected chi connectivity index (χ0v) is 20.7. The SMILES string of the molecule is Cc1c(C(=O)NCCN2CCOCC2)cn2ncnc(Oc3ccc(NC(=O)c4cccnc4)cc3F)c12. The van der Waals surface area contributed by atoms with Gasteiger partial charge in [0.05, 0.1) is 24.3 Å². The topological polar surface area (TPSA) is 123 Å². The first-order valence-corrected chi connectivity index (χ1v) is 12.1. The number of hydrogen-bond acceptors (Lipinski definition) is 8. The number of amides is 2. The summed E-state index contributed by atoms with van der Waals surface area (Å²) in [7, 11) is 0. The number of benzene rings is 1. The fraction of sp³-hybridized carbons (Fsp3) is 0.269. The zero-order valence-electron chi connectivity index (χ0n) is 20.7. The van der Waals surface area contributed by atoms with E-state index in [1.54, 1.807) is 31.5 Å². The molecule has 0 atom stereocenters. The number of rotatable bonds is 8. The number of hydrogen-bond donors (Lipinski definition) is 2. The third-order valence-corrected chi connectivity index (χ3v) is 6.18. The highest BCUT2D eigenvalue weighted by Gasteiger charge is 2.20. The lowest BCUT2D eigenvalue weighted by molar-refractivity contribution is 0.0383. The Morgan fingerprint density at radius 1 is 1.18 bits per heavy atom. The lowest BCUT2D eigenvalue weighted by Gasteiger charge is -2.26. The van der Waals surface area contributed by atoms with Gasteiger partial charge in [0.2, 0.25) is 5.88 Å². The number of morpholine rings is 1. The molecule has 38 heavy (non-hydrogen) atoms. The lowest BCUT2D eigenvalue weighted by Crippen LogP contribution is -2.41. The number of nitrogens with one attached hydrogen (secondary N) is 2. The number of halogens is 1. The second-order valence-corrected chi connectivity index (χ2v) is 8.68. The van der Waals surface area contributed by atoms with E-state index in [2.05, 4.69) is 30.6 Å². The highest BCUT2D eigenvalue weighted by molar-refractivity contribution is 6.04. The Morgan fingerprint density at radius 3 is 2.79 bits per heavy atom. The maximum atomic E-state index is 14.9. The normalized spacial score (nSPS) is 13.8. The Bertz CT molecular complexity index is 1460. The summed E-state index contributed by atoms with van der Waals surface area (Å²) in [5.74, 6) is -1.36.